The summed E-state index contributed by atoms with van der Waals surface area (Å²) in [5.41, 5.74) is 1.05. The molecule has 2 aromatic rings. The van der Waals surface area contributed by atoms with Gasteiger partial charge in [-0.1, -0.05) is 42.5 Å². The van der Waals surface area contributed by atoms with Crippen LogP contribution in [-0.2, 0) is 11.3 Å². The van der Waals surface area contributed by atoms with Gasteiger partial charge in [0.25, 0.3) is 0 Å². The SMILES string of the molecule is CC(Sc1ccccc1F)C(=O)NCc1ccccc1. The largest absolute Gasteiger partial charge is 0.351 e. The van der Waals surface area contributed by atoms with Crippen LogP contribution >= 0.6 is 11.8 Å². The van der Waals surface area contributed by atoms with Gasteiger partial charge in [0.2, 0.25) is 5.91 Å². The fourth-order valence-corrected chi connectivity index (χ4v) is 2.62. The molecule has 1 amide bonds. The first-order chi connectivity index (χ1) is 9.66. The minimum Gasteiger partial charge on any atom is -0.351 e. The molecule has 0 bridgehead atoms. The van der Waals surface area contributed by atoms with E-state index in [1.54, 1.807) is 25.1 Å². The van der Waals surface area contributed by atoms with E-state index >= 15 is 0 Å². The molecule has 2 rings (SSSR count). The van der Waals surface area contributed by atoms with E-state index in [0.717, 1.165) is 5.56 Å². The number of thioether (sulfide) groups is 1. The topological polar surface area (TPSA) is 29.1 Å². The molecule has 2 nitrogen and oxygen atoms in total. The number of carbonyl (C=O) groups excluding carboxylic acids is 1. The van der Waals surface area contributed by atoms with Gasteiger partial charge in [0.05, 0.1) is 5.25 Å². The molecule has 0 saturated heterocycles. The highest BCUT2D eigenvalue weighted by atomic mass is 32.2. The second kappa shape index (κ2) is 7.10. The summed E-state index contributed by atoms with van der Waals surface area (Å²) in [6.45, 7) is 2.26. The highest BCUT2D eigenvalue weighted by molar-refractivity contribution is 8.00. The molecule has 0 aromatic heterocycles. The minimum atomic E-state index is -0.337. The normalized spacial score (nSPS) is 11.9. The van der Waals surface area contributed by atoms with Crippen molar-refractivity contribution in [3.63, 3.8) is 0 Å². The Labute approximate surface area is 122 Å². The molecule has 104 valence electrons. The minimum absolute atomic E-state index is 0.0953. The third-order valence-corrected chi connectivity index (χ3v) is 3.97. The predicted molar refractivity (Wildman–Crippen MR) is 80.0 cm³/mol. The Bertz CT molecular complexity index is 574. The molecular formula is C16H16FNOS. The highest BCUT2D eigenvalue weighted by Crippen LogP contribution is 2.25. The van der Waals surface area contributed by atoms with Gasteiger partial charge < -0.3 is 5.32 Å². The maximum absolute atomic E-state index is 13.5. The second-order valence-corrected chi connectivity index (χ2v) is 5.78. The van der Waals surface area contributed by atoms with Crippen LogP contribution < -0.4 is 5.32 Å². The molecule has 20 heavy (non-hydrogen) atoms. The van der Waals surface area contributed by atoms with Crippen LogP contribution in [-0.4, -0.2) is 11.2 Å². The zero-order chi connectivity index (χ0) is 14.4. The van der Waals surface area contributed by atoms with Crippen LogP contribution in [0.1, 0.15) is 12.5 Å². The molecule has 0 aliphatic rings. The van der Waals surface area contributed by atoms with Crippen LogP contribution in [0.4, 0.5) is 4.39 Å². The van der Waals surface area contributed by atoms with Gasteiger partial charge in [0, 0.05) is 11.4 Å². The van der Waals surface area contributed by atoms with Crippen LogP contribution in [0.25, 0.3) is 0 Å². The molecule has 1 N–H and O–H groups in total. The van der Waals surface area contributed by atoms with Gasteiger partial charge >= 0.3 is 0 Å². The van der Waals surface area contributed by atoms with Crippen LogP contribution in [0.3, 0.4) is 0 Å². The van der Waals surface area contributed by atoms with Gasteiger partial charge in [-0.15, -0.1) is 11.8 Å². The van der Waals surface area contributed by atoms with E-state index in [2.05, 4.69) is 5.32 Å². The molecule has 1 unspecified atom stereocenters. The molecule has 1 atom stereocenters. The monoisotopic (exact) mass is 289 g/mol. The van der Waals surface area contributed by atoms with Crippen LogP contribution in [0, 0.1) is 5.82 Å². The van der Waals surface area contributed by atoms with Crippen molar-refractivity contribution >= 4 is 17.7 Å². The maximum Gasteiger partial charge on any atom is 0.233 e. The van der Waals surface area contributed by atoms with Crippen molar-refractivity contribution in [1.29, 1.82) is 0 Å². The average Bonchev–Trinajstić information content (AvgIpc) is 2.48. The maximum atomic E-state index is 13.5. The van der Waals surface area contributed by atoms with Crippen molar-refractivity contribution in [3.05, 3.63) is 66.0 Å². The van der Waals surface area contributed by atoms with Crippen molar-refractivity contribution < 1.29 is 9.18 Å². The lowest BCUT2D eigenvalue weighted by atomic mass is 10.2. The molecule has 0 radical (unpaired) electrons. The standard InChI is InChI=1S/C16H16FNOS/c1-12(20-15-10-6-5-9-14(15)17)16(19)18-11-13-7-3-2-4-8-13/h2-10,12H,11H2,1H3,(H,18,19). The second-order valence-electron chi connectivity index (χ2n) is 4.39. The van der Waals surface area contributed by atoms with Crippen molar-refractivity contribution in [2.75, 3.05) is 0 Å². The Morgan fingerprint density at radius 1 is 1.15 bits per heavy atom. The smallest absolute Gasteiger partial charge is 0.233 e. The summed E-state index contributed by atoms with van der Waals surface area (Å²) in [7, 11) is 0. The lowest BCUT2D eigenvalue weighted by molar-refractivity contribution is -0.120. The molecule has 0 fully saturated rings. The fraction of sp³-hybridized carbons (Fsp3) is 0.188. The lowest BCUT2D eigenvalue weighted by Gasteiger charge is -2.12. The van der Waals surface area contributed by atoms with E-state index in [-0.39, 0.29) is 17.0 Å². The third-order valence-electron chi connectivity index (χ3n) is 2.82. The van der Waals surface area contributed by atoms with Crippen LogP contribution in [0.5, 0.6) is 0 Å². The summed E-state index contributed by atoms with van der Waals surface area (Å²) < 4.78 is 13.5. The van der Waals surface area contributed by atoms with Crippen molar-refractivity contribution in [2.24, 2.45) is 0 Å². The average molecular weight is 289 g/mol. The van der Waals surface area contributed by atoms with Crippen molar-refractivity contribution in [3.8, 4) is 0 Å². The Morgan fingerprint density at radius 2 is 1.80 bits per heavy atom. The van der Waals surface area contributed by atoms with Gasteiger partial charge in [0.15, 0.2) is 0 Å². The number of amides is 1. The molecule has 0 saturated carbocycles. The van der Waals surface area contributed by atoms with E-state index in [1.807, 2.05) is 30.3 Å². The Morgan fingerprint density at radius 3 is 2.50 bits per heavy atom. The summed E-state index contributed by atoms with van der Waals surface area (Å²) in [5.74, 6) is -0.387. The third kappa shape index (κ3) is 4.10. The van der Waals surface area contributed by atoms with Crippen molar-refractivity contribution in [2.45, 2.75) is 23.6 Å². The molecule has 0 aliphatic heterocycles. The van der Waals surface area contributed by atoms with Crippen LogP contribution in [0.2, 0.25) is 0 Å². The van der Waals surface area contributed by atoms with Crippen LogP contribution in [0.15, 0.2) is 59.5 Å². The van der Waals surface area contributed by atoms with Gasteiger partial charge in [-0.2, -0.15) is 0 Å². The Kier molecular flexibility index (Phi) is 5.18. The summed E-state index contributed by atoms with van der Waals surface area (Å²) in [6.07, 6.45) is 0. The summed E-state index contributed by atoms with van der Waals surface area (Å²) >= 11 is 1.23. The summed E-state index contributed by atoms with van der Waals surface area (Å²) in [6, 6.07) is 16.2. The molecule has 0 heterocycles. The number of benzene rings is 2. The van der Waals surface area contributed by atoms with Gasteiger partial charge in [-0.3, -0.25) is 4.79 Å². The number of carbonyl (C=O) groups is 1. The van der Waals surface area contributed by atoms with E-state index in [0.29, 0.717) is 11.4 Å². The molecule has 2 aromatic carbocycles. The van der Waals surface area contributed by atoms with E-state index in [4.69, 9.17) is 0 Å². The molecule has 0 spiro atoms. The number of rotatable bonds is 5. The number of nitrogens with one attached hydrogen (secondary N) is 1. The summed E-state index contributed by atoms with van der Waals surface area (Å²) in [5, 5.41) is 2.52. The molecule has 0 aliphatic carbocycles. The number of hydrogen-bond donors (Lipinski definition) is 1. The van der Waals surface area contributed by atoms with Gasteiger partial charge in [-0.25, -0.2) is 4.39 Å². The lowest BCUT2D eigenvalue weighted by Crippen LogP contribution is -2.30. The fourth-order valence-electron chi connectivity index (χ4n) is 1.71. The first-order valence-electron chi connectivity index (χ1n) is 6.39. The Balaban J connectivity index is 1.88. The quantitative estimate of drug-likeness (QED) is 0.852. The zero-order valence-electron chi connectivity index (χ0n) is 11.2. The number of hydrogen-bond acceptors (Lipinski definition) is 2. The van der Waals surface area contributed by atoms with E-state index in [9.17, 15) is 9.18 Å². The van der Waals surface area contributed by atoms with E-state index in [1.165, 1.54) is 17.8 Å². The first-order valence-corrected chi connectivity index (χ1v) is 7.27. The summed E-state index contributed by atoms with van der Waals surface area (Å²) in [4.78, 5) is 12.5. The van der Waals surface area contributed by atoms with Gasteiger partial charge in [0.1, 0.15) is 5.82 Å². The predicted octanol–water partition coefficient (Wildman–Crippen LogP) is 3.62. The van der Waals surface area contributed by atoms with E-state index < -0.39 is 0 Å². The van der Waals surface area contributed by atoms with Crippen molar-refractivity contribution in [1.82, 2.24) is 5.32 Å². The zero-order valence-corrected chi connectivity index (χ0v) is 12.0. The first kappa shape index (κ1) is 14.6. The number of halogens is 1. The molecule has 4 heteroatoms. The molecular weight excluding hydrogens is 273 g/mol. The van der Waals surface area contributed by atoms with Gasteiger partial charge in [-0.05, 0) is 24.6 Å². The highest BCUT2D eigenvalue weighted by Gasteiger charge is 2.15. The Hall–Kier alpha value is -1.81.